The van der Waals surface area contributed by atoms with E-state index in [2.05, 4.69) is 5.10 Å². The van der Waals surface area contributed by atoms with Crippen molar-refractivity contribution in [2.24, 2.45) is 0 Å². The Balaban J connectivity index is 2.37. The van der Waals surface area contributed by atoms with Gasteiger partial charge in [-0.3, -0.25) is 4.68 Å². The lowest BCUT2D eigenvalue weighted by atomic mass is 10.1. The fraction of sp³-hybridized carbons (Fsp3) is 0.400. The number of aliphatic hydroxyl groups is 1. The Labute approximate surface area is 123 Å². The summed E-state index contributed by atoms with van der Waals surface area (Å²) in [6.45, 7) is 5.95. The van der Waals surface area contributed by atoms with Gasteiger partial charge in [0.15, 0.2) is 0 Å². The average Bonchev–Trinajstić information content (AvgIpc) is 2.68. The van der Waals surface area contributed by atoms with E-state index in [0.29, 0.717) is 23.6 Å². The molecule has 3 nitrogen and oxygen atoms in total. The highest BCUT2D eigenvalue weighted by atomic mass is 35.5. The van der Waals surface area contributed by atoms with Gasteiger partial charge in [-0.25, -0.2) is 4.39 Å². The summed E-state index contributed by atoms with van der Waals surface area (Å²) in [5.74, 6) is -0.306. The normalized spacial score (nSPS) is 12.7. The van der Waals surface area contributed by atoms with Gasteiger partial charge in [0, 0.05) is 21.8 Å². The van der Waals surface area contributed by atoms with Crippen LogP contribution in [0.4, 0.5) is 4.39 Å². The second-order valence-corrected chi connectivity index (χ2v) is 5.34. The van der Waals surface area contributed by atoms with E-state index in [1.165, 1.54) is 12.1 Å². The lowest BCUT2D eigenvalue weighted by molar-refractivity contribution is 0.172. The van der Waals surface area contributed by atoms with E-state index in [9.17, 15) is 9.50 Å². The smallest absolute Gasteiger partial charge is 0.128 e. The van der Waals surface area contributed by atoms with Crippen LogP contribution in [0.15, 0.2) is 18.2 Å². The molecule has 1 unspecified atom stereocenters. The standard InChI is InChI=1S/C15H18ClFN2O/c1-4-14(20)15-9(2)18-19(10(15)3)8-11-7-12(16)5-6-13(11)17/h5-7,14,20H,4,8H2,1-3H3. The summed E-state index contributed by atoms with van der Waals surface area (Å²) in [7, 11) is 0. The van der Waals surface area contributed by atoms with Gasteiger partial charge in [-0.05, 0) is 38.5 Å². The Bertz CT molecular complexity index is 625. The molecule has 0 bridgehead atoms. The molecule has 0 aliphatic heterocycles. The molecule has 1 heterocycles. The van der Waals surface area contributed by atoms with Crippen molar-refractivity contribution < 1.29 is 9.50 Å². The van der Waals surface area contributed by atoms with E-state index in [-0.39, 0.29) is 5.82 Å². The van der Waals surface area contributed by atoms with Crippen molar-refractivity contribution in [1.82, 2.24) is 9.78 Å². The molecule has 0 aliphatic rings. The lowest BCUT2D eigenvalue weighted by Gasteiger charge is -2.10. The SMILES string of the molecule is CCC(O)c1c(C)nn(Cc2cc(Cl)ccc2F)c1C. The van der Waals surface area contributed by atoms with Gasteiger partial charge >= 0.3 is 0 Å². The van der Waals surface area contributed by atoms with E-state index in [1.54, 1.807) is 10.7 Å². The first-order valence-corrected chi connectivity index (χ1v) is 6.97. The van der Waals surface area contributed by atoms with E-state index < -0.39 is 6.10 Å². The maximum absolute atomic E-state index is 13.8. The molecule has 5 heteroatoms. The van der Waals surface area contributed by atoms with Gasteiger partial charge in [-0.1, -0.05) is 18.5 Å². The predicted molar refractivity (Wildman–Crippen MR) is 77.5 cm³/mol. The summed E-state index contributed by atoms with van der Waals surface area (Å²) >= 11 is 5.90. The zero-order valence-electron chi connectivity index (χ0n) is 11.8. The van der Waals surface area contributed by atoms with Crippen LogP contribution in [0.1, 0.15) is 42.0 Å². The van der Waals surface area contributed by atoms with E-state index >= 15 is 0 Å². The first-order valence-electron chi connectivity index (χ1n) is 6.60. The fourth-order valence-electron chi connectivity index (χ4n) is 2.38. The van der Waals surface area contributed by atoms with Gasteiger partial charge < -0.3 is 5.11 Å². The van der Waals surface area contributed by atoms with Crippen molar-refractivity contribution in [3.05, 3.63) is 51.6 Å². The van der Waals surface area contributed by atoms with Gasteiger partial charge in [-0.15, -0.1) is 0 Å². The van der Waals surface area contributed by atoms with Gasteiger partial charge in [0.25, 0.3) is 0 Å². The highest BCUT2D eigenvalue weighted by Crippen LogP contribution is 2.25. The molecule has 0 spiro atoms. The number of hydrogen-bond donors (Lipinski definition) is 1. The predicted octanol–water partition coefficient (Wildman–Crippen LogP) is 3.78. The third-order valence-electron chi connectivity index (χ3n) is 3.49. The summed E-state index contributed by atoms with van der Waals surface area (Å²) < 4.78 is 15.5. The summed E-state index contributed by atoms with van der Waals surface area (Å²) in [6.07, 6.45) is 0.0896. The first-order chi connectivity index (χ1) is 9.43. The summed E-state index contributed by atoms with van der Waals surface area (Å²) in [4.78, 5) is 0. The summed E-state index contributed by atoms with van der Waals surface area (Å²) in [5, 5.41) is 14.9. The molecule has 0 saturated carbocycles. The van der Waals surface area contributed by atoms with Crippen LogP contribution < -0.4 is 0 Å². The minimum atomic E-state index is -0.534. The molecule has 0 saturated heterocycles. The molecule has 2 rings (SSSR count). The van der Waals surface area contributed by atoms with E-state index in [1.807, 2.05) is 20.8 Å². The molecule has 1 aromatic heterocycles. The molecular weight excluding hydrogens is 279 g/mol. The van der Waals surface area contributed by atoms with Crippen LogP contribution in [0, 0.1) is 19.7 Å². The maximum atomic E-state index is 13.8. The molecule has 108 valence electrons. The monoisotopic (exact) mass is 296 g/mol. The molecule has 0 aliphatic carbocycles. The minimum Gasteiger partial charge on any atom is -0.388 e. The van der Waals surface area contributed by atoms with Gasteiger partial charge in [0.2, 0.25) is 0 Å². The first kappa shape index (κ1) is 15.0. The number of hydrogen-bond acceptors (Lipinski definition) is 2. The number of aromatic nitrogens is 2. The van der Waals surface area contributed by atoms with Crippen molar-refractivity contribution in [3.63, 3.8) is 0 Å². The third kappa shape index (κ3) is 2.86. The number of nitrogens with zero attached hydrogens (tertiary/aromatic N) is 2. The maximum Gasteiger partial charge on any atom is 0.128 e. The molecule has 1 atom stereocenters. The Hall–Kier alpha value is -1.39. The molecule has 0 amide bonds. The minimum absolute atomic E-state index is 0.301. The summed E-state index contributed by atoms with van der Waals surface area (Å²) in [6, 6.07) is 4.47. The van der Waals surface area contributed by atoms with Crippen molar-refractivity contribution >= 4 is 11.6 Å². The highest BCUT2D eigenvalue weighted by Gasteiger charge is 2.18. The van der Waals surface area contributed by atoms with Gasteiger partial charge in [0.1, 0.15) is 5.82 Å². The van der Waals surface area contributed by atoms with Crippen LogP contribution in [0.25, 0.3) is 0 Å². The van der Waals surface area contributed by atoms with Crippen molar-refractivity contribution in [2.45, 2.75) is 39.8 Å². The largest absolute Gasteiger partial charge is 0.388 e. The Kier molecular flexibility index (Phi) is 4.45. The topological polar surface area (TPSA) is 38.1 Å². The number of benzene rings is 1. The Morgan fingerprint density at radius 3 is 2.75 bits per heavy atom. The second kappa shape index (κ2) is 5.94. The van der Waals surface area contributed by atoms with Crippen molar-refractivity contribution in [1.29, 1.82) is 0 Å². The molecule has 1 aromatic carbocycles. The third-order valence-corrected chi connectivity index (χ3v) is 3.72. The highest BCUT2D eigenvalue weighted by molar-refractivity contribution is 6.30. The molecular formula is C15H18ClFN2O. The number of aliphatic hydroxyl groups excluding tert-OH is 1. The van der Waals surface area contributed by atoms with Crippen LogP contribution in [0.3, 0.4) is 0 Å². The van der Waals surface area contributed by atoms with Gasteiger partial charge in [-0.2, -0.15) is 5.10 Å². The lowest BCUT2D eigenvalue weighted by Crippen LogP contribution is -2.07. The quantitative estimate of drug-likeness (QED) is 0.932. The average molecular weight is 297 g/mol. The number of rotatable bonds is 4. The van der Waals surface area contributed by atoms with Crippen LogP contribution in [-0.4, -0.2) is 14.9 Å². The molecule has 0 radical (unpaired) electrons. The van der Waals surface area contributed by atoms with Crippen LogP contribution in [0.2, 0.25) is 5.02 Å². The van der Waals surface area contributed by atoms with Gasteiger partial charge in [0.05, 0.1) is 18.3 Å². The Morgan fingerprint density at radius 1 is 1.40 bits per heavy atom. The molecule has 2 aromatic rings. The molecule has 20 heavy (non-hydrogen) atoms. The number of halogens is 2. The summed E-state index contributed by atoms with van der Waals surface area (Å²) in [5.41, 5.74) is 2.95. The van der Waals surface area contributed by atoms with Crippen LogP contribution in [-0.2, 0) is 6.54 Å². The Morgan fingerprint density at radius 2 is 2.10 bits per heavy atom. The van der Waals surface area contributed by atoms with Crippen LogP contribution >= 0.6 is 11.6 Å². The zero-order chi connectivity index (χ0) is 14.9. The number of aryl methyl sites for hydroxylation is 1. The van der Waals surface area contributed by atoms with Crippen molar-refractivity contribution in [2.75, 3.05) is 0 Å². The van der Waals surface area contributed by atoms with Crippen LogP contribution in [0.5, 0.6) is 0 Å². The van der Waals surface area contributed by atoms with E-state index in [0.717, 1.165) is 17.0 Å². The van der Waals surface area contributed by atoms with Crippen molar-refractivity contribution in [3.8, 4) is 0 Å². The molecule has 0 fully saturated rings. The van der Waals surface area contributed by atoms with E-state index in [4.69, 9.17) is 11.6 Å². The fourth-order valence-corrected chi connectivity index (χ4v) is 2.57. The second-order valence-electron chi connectivity index (χ2n) is 4.90. The zero-order valence-corrected chi connectivity index (χ0v) is 12.6. The molecule has 1 N–H and O–H groups in total.